The number of methoxy groups -OCH3 is 2. The maximum absolute atomic E-state index is 14.1. The molecule has 1 saturated heterocycles. The first-order valence-corrected chi connectivity index (χ1v) is 12.9. The minimum atomic E-state index is -1.30. The summed E-state index contributed by atoms with van der Waals surface area (Å²) in [7, 11) is 2.98. The minimum Gasteiger partial charge on any atom is -0.497 e. The Balaban J connectivity index is 1.42. The third-order valence-corrected chi connectivity index (χ3v) is 9.34. The van der Waals surface area contributed by atoms with Gasteiger partial charge in [0.05, 0.1) is 31.7 Å². The zero-order chi connectivity index (χ0) is 27.0. The molecule has 3 atom stereocenters. The Kier molecular flexibility index (Phi) is 5.53. The lowest BCUT2D eigenvalue weighted by molar-refractivity contribution is -0.146. The molecule has 0 aromatic heterocycles. The van der Waals surface area contributed by atoms with E-state index in [1.54, 1.807) is 18.2 Å². The molecule has 1 aliphatic heterocycles. The van der Waals surface area contributed by atoms with Crippen LogP contribution in [0, 0.1) is 11.8 Å². The highest BCUT2D eigenvalue weighted by atomic mass is 35.5. The van der Waals surface area contributed by atoms with Crippen molar-refractivity contribution in [3.8, 4) is 11.5 Å². The fraction of sp³-hybridized carbons (Fsp3) is 0.276. The van der Waals surface area contributed by atoms with Gasteiger partial charge in [0.2, 0.25) is 17.7 Å². The van der Waals surface area contributed by atoms with E-state index in [0.29, 0.717) is 39.4 Å². The Labute approximate surface area is 229 Å². The summed E-state index contributed by atoms with van der Waals surface area (Å²) in [5.41, 5.74) is 3.18. The molecule has 0 radical (unpaired) electrons. The van der Waals surface area contributed by atoms with E-state index in [2.05, 4.69) is 5.32 Å². The lowest BCUT2D eigenvalue weighted by Crippen LogP contribution is -2.57. The van der Waals surface area contributed by atoms with Crippen molar-refractivity contribution in [3.63, 3.8) is 0 Å². The van der Waals surface area contributed by atoms with Gasteiger partial charge in [0.25, 0.3) is 0 Å². The zero-order valence-electron chi connectivity index (χ0n) is 20.8. The molecular weight excluding hydrogens is 527 g/mol. The number of imide groups is 1. The van der Waals surface area contributed by atoms with Crippen molar-refractivity contribution in [3.05, 3.63) is 89.0 Å². The minimum absolute atomic E-state index is 0.350. The molecule has 1 heterocycles. The number of halogens is 2. The molecule has 9 heteroatoms. The molecule has 0 unspecified atom stereocenters. The molecule has 0 spiro atoms. The van der Waals surface area contributed by atoms with Crippen LogP contribution < -0.4 is 14.8 Å². The monoisotopic (exact) mass is 550 g/mol. The fourth-order valence-corrected chi connectivity index (χ4v) is 7.43. The number of alkyl halides is 2. The van der Waals surface area contributed by atoms with Crippen LogP contribution >= 0.6 is 23.2 Å². The first-order chi connectivity index (χ1) is 18.2. The van der Waals surface area contributed by atoms with Crippen LogP contribution in [0.25, 0.3) is 0 Å². The SMILES string of the molecule is COc1ccc(OC)c(NC(=O)[C@@H](C)N2C(=O)[C@@H]3[C@H](C2=O)C2(Cl)c4ccccc4C3(Cl)c3ccccc32)c1. The molecule has 194 valence electrons. The van der Waals surface area contributed by atoms with Crippen LogP contribution in [0.5, 0.6) is 11.5 Å². The average molecular weight is 551 g/mol. The zero-order valence-corrected chi connectivity index (χ0v) is 22.3. The molecular formula is C29H24Cl2N2O5. The van der Waals surface area contributed by atoms with Crippen LogP contribution in [0.1, 0.15) is 29.2 Å². The van der Waals surface area contributed by atoms with Gasteiger partial charge in [-0.05, 0) is 41.3 Å². The van der Waals surface area contributed by atoms with Gasteiger partial charge in [-0.3, -0.25) is 19.3 Å². The summed E-state index contributed by atoms with van der Waals surface area (Å²) in [5, 5.41) is 2.77. The van der Waals surface area contributed by atoms with Crippen LogP contribution in [0.3, 0.4) is 0 Å². The quantitative estimate of drug-likeness (QED) is 0.370. The summed E-state index contributed by atoms with van der Waals surface area (Å²) < 4.78 is 10.6. The Morgan fingerprint density at radius 1 is 0.842 bits per heavy atom. The number of hydrogen-bond acceptors (Lipinski definition) is 5. The van der Waals surface area contributed by atoms with Gasteiger partial charge >= 0.3 is 0 Å². The summed E-state index contributed by atoms with van der Waals surface area (Å²) in [6.45, 7) is 1.51. The molecule has 3 aromatic carbocycles. The summed E-state index contributed by atoms with van der Waals surface area (Å²) >= 11 is 14.9. The van der Waals surface area contributed by atoms with Crippen LogP contribution in [-0.4, -0.2) is 42.9 Å². The summed E-state index contributed by atoms with van der Waals surface area (Å²) in [5.74, 6) is -2.64. The van der Waals surface area contributed by atoms with Gasteiger partial charge in [0.1, 0.15) is 27.3 Å². The van der Waals surface area contributed by atoms with E-state index in [-0.39, 0.29) is 0 Å². The van der Waals surface area contributed by atoms with Crippen LogP contribution in [-0.2, 0) is 24.1 Å². The number of nitrogens with zero attached hydrogens (tertiary/aromatic N) is 1. The Morgan fingerprint density at radius 3 is 1.74 bits per heavy atom. The molecule has 1 N–H and O–H groups in total. The molecule has 7 nitrogen and oxygen atoms in total. The van der Waals surface area contributed by atoms with E-state index in [1.807, 2.05) is 48.5 Å². The van der Waals surface area contributed by atoms with E-state index >= 15 is 0 Å². The number of carbonyl (C=O) groups is 3. The molecule has 3 aliphatic carbocycles. The van der Waals surface area contributed by atoms with Crippen molar-refractivity contribution in [1.82, 2.24) is 4.90 Å². The first-order valence-electron chi connectivity index (χ1n) is 12.2. The van der Waals surface area contributed by atoms with Gasteiger partial charge < -0.3 is 14.8 Å². The summed E-state index contributed by atoms with van der Waals surface area (Å²) in [6, 6.07) is 18.6. The second-order valence-corrected chi connectivity index (χ2v) is 10.9. The average Bonchev–Trinajstić information content (AvgIpc) is 3.22. The van der Waals surface area contributed by atoms with Gasteiger partial charge in [-0.2, -0.15) is 0 Å². The van der Waals surface area contributed by atoms with Crippen molar-refractivity contribution in [1.29, 1.82) is 0 Å². The number of anilines is 1. The van der Waals surface area contributed by atoms with E-state index in [4.69, 9.17) is 32.7 Å². The summed E-state index contributed by atoms with van der Waals surface area (Å²) in [4.78, 5) is 40.0. The Hall–Kier alpha value is -3.55. The maximum Gasteiger partial charge on any atom is 0.247 e. The Morgan fingerprint density at radius 2 is 1.32 bits per heavy atom. The normalized spacial score (nSPS) is 27.3. The predicted molar refractivity (Wildman–Crippen MR) is 143 cm³/mol. The second kappa shape index (κ2) is 8.48. The highest BCUT2D eigenvalue weighted by Gasteiger charge is 2.73. The lowest BCUT2D eigenvalue weighted by atomic mass is 9.54. The van der Waals surface area contributed by atoms with Crippen LogP contribution in [0.15, 0.2) is 66.7 Å². The van der Waals surface area contributed by atoms with Crippen molar-refractivity contribution in [2.75, 3.05) is 19.5 Å². The molecule has 0 saturated carbocycles. The number of likely N-dealkylation sites (tertiary alicyclic amines) is 1. The van der Waals surface area contributed by atoms with Gasteiger partial charge in [-0.25, -0.2) is 0 Å². The number of nitrogens with one attached hydrogen (secondary N) is 1. The fourth-order valence-electron chi connectivity index (χ4n) is 6.34. The van der Waals surface area contributed by atoms with E-state index < -0.39 is 45.3 Å². The number of carbonyl (C=O) groups excluding carboxylic acids is 3. The summed E-state index contributed by atoms with van der Waals surface area (Å²) in [6.07, 6.45) is 0. The number of ether oxygens (including phenoxy) is 2. The van der Waals surface area contributed by atoms with Gasteiger partial charge in [0.15, 0.2) is 0 Å². The number of amides is 3. The van der Waals surface area contributed by atoms with Crippen molar-refractivity contribution >= 4 is 46.6 Å². The maximum atomic E-state index is 14.1. The Bertz CT molecular complexity index is 1400. The van der Waals surface area contributed by atoms with E-state index in [0.717, 1.165) is 4.90 Å². The topological polar surface area (TPSA) is 84.9 Å². The number of hydrogen-bond donors (Lipinski definition) is 1. The first kappa shape index (κ1) is 24.8. The highest BCUT2D eigenvalue weighted by Crippen LogP contribution is 2.69. The molecule has 3 aromatic rings. The van der Waals surface area contributed by atoms with E-state index in [9.17, 15) is 14.4 Å². The molecule has 3 amide bonds. The van der Waals surface area contributed by atoms with Crippen molar-refractivity contribution < 1.29 is 23.9 Å². The molecule has 7 rings (SSSR count). The molecule has 4 aliphatic rings. The molecule has 2 bridgehead atoms. The third-order valence-electron chi connectivity index (χ3n) is 8.05. The standard InChI is InChI=1S/C29H24Cl2N2O5/c1-15(25(34)32-21-14-16(37-2)12-13-22(21)38-3)33-26(35)23-24(27(33)36)29(31)18-9-5-4-8-17(18)28(23,30)19-10-6-7-11-20(19)29/h4-15,23-24H,1-3H3,(H,32,34)/t15-,23-,24+,28?,29?/m1/s1. The highest BCUT2D eigenvalue weighted by molar-refractivity contribution is 6.36. The van der Waals surface area contributed by atoms with E-state index in [1.165, 1.54) is 21.1 Å². The number of rotatable bonds is 5. The van der Waals surface area contributed by atoms with Crippen LogP contribution in [0.4, 0.5) is 5.69 Å². The van der Waals surface area contributed by atoms with Crippen molar-refractivity contribution in [2.45, 2.75) is 22.7 Å². The lowest BCUT2D eigenvalue weighted by Gasteiger charge is -2.54. The smallest absolute Gasteiger partial charge is 0.247 e. The van der Waals surface area contributed by atoms with Gasteiger partial charge in [-0.1, -0.05) is 48.5 Å². The largest absolute Gasteiger partial charge is 0.497 e. The van der Waals surface area contributed by atoms with Gasteiger partial charge in [-0.15, -0.1) is 23.2 Å². The molecule has 1 fully saturated rings. The number of benzene rings is 3. The second-order valence-electron chi connectivity index (χ2n) is 9.75. The van der Waals surface area contributed by atoms with Crippen LogP contribution in [0.2, 0.25) is 0 Å². The predicted octanol–water partition coefficient (Wildman–Crippen LogP) is 4.62. The third kappa shape index (κ3) is 3.00. The molecule has 38 heavy (non-hydrogen) atoms. The van der Waals surface area contributed by atoms with Gasteiger partial charge in [0, 0.05) is 6.07 Å². The van der Waals surface area contributed by atoms with Crippen molar-refractivity contribution in [2.24, 2.45) is 11.8 Å².